The zero-order valence-corrected chi connectivity index (χ0v) is 15.7. The molecule has 0 saturated heterocycles. The highest BCUT2D eigenvalue weighted by Gasteiger charge is 2.12. The van der Waals surface area contributed by atoms with E-state index in [0.717, 1.165) is 19.3 Å². The summed E-state index contributed by atoms with van der Waals surface area (Å²) in [4.78, 5) is 23.6. The molecule has 0 radical (unpaired) electrons. The molecule has 2 amide bonds. The van der Waals surface area contributed by atoms with Gasteiger partial charge in [-0.15, -0.1) is 0 Å². The zero-order chi connectivity index (χ0) is 18.5. The van der Waals surface area contributed by atoms with Crippen molar-refractivity contribution in [2.75, 3.05) is 0 Å². The van der Waals surface area contributed by atoms with Crippen LogP contribution in [-0.2, 0) is 4.79 Å². The number of phenols is 1. The molecule has 1 aromatic carbocycles. The van der Waals surface area contributed by atoms with Crippen LogP contribution in [0.4, 0.5) is 0 Å². The first-order valence-electron chi connectivity index (χ1n) is 9.12. The quantitative estimate of drug-likeness (QED) is 0.390. The molecular formula is C19H29ClN2O3. The number of nitrogens with one attached hydrogen (secondary N) is 2. The van der Waals surface area contributed by atoms with E-state index in [-0.39, 0.29) is 17.2 Å². The first-order valence-corrected chi connectivity index (χ1v) is 9.50. The van der Waals surface area contributed by atoms with Crippen molar-refractivity contribution in [3.63, 3.8) is 0 Å². The SMILES string of the molecule is CCCCCCCCCCCC(=O)NNC(=O)c1cc(Cl)ccc1O. The second kappa shape index (κ2) is 12.6. The van der Waals surface area contributed by atoms with Crippen molar-refractivity contribution in [3.05, 3.63) is 28.8 Å². The predicted octanol–water partition coefficient (Wildman–Crippen LogP) is 4.73. The van der Waals surface area contributed by atoms with Crippen molar-refractivity contribution in [2.45, 2.75) is 71.1 Å². The molecule has 0 spiro atoms. The minimum Gasteiger partial charge on any atom is -0.507 e. The minimum absolute atomic E-state index is 0.0240. The lowest BCUT2D eigenvalue weighted by Gasteiger charge is -2.09. The number of hydrazine groups is 1. The van der Waals surface area contributed by atoms with Crippen molar-refractivity contribution in [1.29, 1.82) is 0 Å². The van der Waals surface area contributed by atoms with Gasteiger partial charge in [-0.25, -0.2) is 0 Å². The van der Waals surface area contributed by atoms with Gasteiger partial charge in [0.2, 0.25) is 5.91 Å². The largest absolute Gasteiger partial charge is 0.507 e. The average Bonchev–Trinajstić information content (AvgIpc) is 2.60. The summed E-state index contributed by atoms with van der Waals surface area (Å²) < 4.78 is 0. The van der Waals surface area contributed by atoms with Crippen LogP contribution in [0, 0.1) is 0 Å². The van der Waals surface area contributed by atoms with E-state index >= 15 is 0 Å². The maximum atomic E-state index is 11.9. The number of aromatic hydroxyl groups is 1. The van der Waals surface area contributed by atoms with Gasteiger partial charge < -0.3 is 5.11 Å². The van der Waals surface area contributed by atoms with Gasteiger partial charge in [0.05, 0.1) is 5.56 Å². The van der Waals surface area contributed by atoms with Crippen LogP contribution in [-0.4, -0.2) is 16.9 Å². The highest BCUT2D eigenvalue weighted by atomic mass is 35.5. The Hall–Kier alpha value is -1.75. The van der Waals surface area contributed by atoms with Crippen LogP contribution in [0.1, 0.15) is 81.5 Å². The predicted molar refractivity (Wildman–Crippen MR) is 101 cm³/mol. The number of benzene rings is 1. The molecule has 0 aliphatic heterocycles. The first-order chi connectivity index (χ1) is 12.0. The highest BCUT2D eigenvalue weighted by Crippen LogP contribution is 2.21. The summed E-state index contributed by atoms with van der Waals surface area (Å²) in [7, 11) is 0. The fourth-order valence-electron chi connectivity index (χ4n) is 2.54. The van der Waals surface area contributed by atoms with Gasteiger partial charge in [0.15, 0.2) is 0 Å². The second-order valence-corrected chi connectivity index (χ2v) is 6.68. The number of carbonyl (C=O) groups is 2. The molecule has 0 bridgehead atoms. The van der Waals surface area contributed by atoms with E-state index in [0.29, 0.717) is 11.4 Å². The molecule has 0 aliphatic carbocycles. The normalized spacial score (nSPS) is 10.5. The highest BCUT2D eigenvalue weighted by molar-refractivity contribution is 6.31. The fraction of sp³-hybridized carbons (Fsp3) is 0.579. The Morgan fingerprint density at radius 1 is 0.960 bits per heavy atom. The summed E-state index contributed by atoms with van der Waals surface area (Å²) >= 11 is 5.79. The van der Waals surface area contributed by atoms with E-state index in [4.69, 9.17) is 11.6 Å². The van der Waals surface area contributed by atoms with E-state index in [1.54, 1.807) is 0 Å². The smallest absolute Gasteiger partial charge is 0.273 e. The van der Waals surface area contributed by atoms with Crippen LogP contribution in [0.2, 0.25) is 5.02 Å². The van der Waals surface area contributed by atoms with Crippen LogP contribution in [0.15, 0.2) is 18.2 Å². The Kier molecular flexibility index (Phi) is 10.7. The lowest BCUT2D eigenvalue weighted by atomic mass is 10.1. The number of phenolic OH excluding ortho intramolecular Hbond substituents is 1. The van der Waals surface area contributed by atoms with Gasteiger partial charge in [-0.05, 0) is 24.6 Å². The van der Waals surface area contributed by atoms with Crippen LogP contribution in [0.5, 0.6) is 5.75 Å². The van der Waals surface area contributed by atoms with E-state index in [1.165, 1.54) is 56.7 Å². The van der Waals surface area contributed by atoms with Gasteiger partial charge in [-0.2, -0.15) is 0 Å². The topological polar surface area (TPSA) is 78.4 Å². The summed E-state index contributed by atoms with van der Waals surface area (Å²) in [5.74, 6) is -1.02. The number of unbranched alkanes of at least 4 members (excludes halogenated alkanes) is 8. The van der Waals surface area contributed by atoms with Gasteiger partial charge in [-0.1, -0.05) is 69.9 Å². The number of hydrogen-bond donors (Lipinski definition) is 3. The fourth-order valence-corrected chi connectivity index (χ4v) is 2.71. The molecule has 0 heterocycles. The molecule has 0 aromatic heterocycles. The van der Waals surface area contributed by atoms with E-state index in [2.05, 4.69) is 17.8 Å². The number of amides is 2. The molecule has 1 aromatic rings. The lowest BCUT2D eigenvalue weighted by molar-refractivity contribution is -0.122. The Labute approximate surface area is 155 Å². The first kappa shape index (κ1) is 21.3. The molecular weight excluding hydrogens is 340 g/mol. The molecule has 5 nitrogen and oxygen atoms in total. The Morgan fingerprint density at radius 2 is 1.56 bits per heavy atom. The monoisotopic (exact) mass is 368 g/mol. The van der Waals surface area contributed by atoms with Crippen molar-refractivity contribution in [3.8, 4) is 5.75 Å². The van der Waals surface area contributed by atoms with Crippen LogP contribution in [0.25, 0.3) is 0 Å². The molecule has 0 unspecified atom stereocenters. The molecule has 0 atom stereocenters. The van der Waals surface area contributed by atoms with Crippen molar-refractivity contribution >= 4 is 23.4 Å². The maximum absolute atomic E-state index is 11.9. The Bertz CT molecular complexity index is 549. The maximum Gasteiger partial charge on any atom is 0.273 e. The molecule has 6 heteroatoms. The molecule has 1 rings (SSSR count). The molecule has 0 aliphatic rings. The van der Waals surface area contributed by atoms with E-state index in [1.807, 2.05) is 0 Å². The van der Waals surface area contributed by atoms with Crippen molar-refractivity contribution in [1.82, 2.24) is 10.9 Å². The Balaban J connectivity index is 2.11. The summed E-state index contributed by atoms with van der Waals surface area (Å²) in [6.45, 7) is 2.21. The number of halogens is 1. The molecule has 3 N–H and O–H groups in total. The number of carbonyl (C=O) groups excluding carboxylic acids is 2. The van der Waals surface area contributed by atoms with Crippen molar-refractivity contribution in [2.24, 2.45) is 0 Å². The van der Waals surface area contributed by atoms with Gasteiger partial charge in [0.1, 0.15) is 5.75 Å². The third kappa shape index (κ3) is 9.34. The van der Waals surface area contributed by atoms with Gasteiger partial charge in [0.25, 0.3) is 5.91 Å². The van der Waals surface area contributed by atoms with Gasteiger partial charge in [0, 0.05) is 11.4 Å². The third-order valence-electron chi connectivity index (χ3n) is 4.03. The minimum atomic E-state index is -0.597. The molecule has 25 heavy (non-hydrogen) atoms. The van der Waals surface area contributed by atoms with Gasteiger partial charge >= 0.3 is 0 Å². The van der Waals surface area contributed by atoms with Crippen LogP contribution >= 0.6 is 11.6 Å². The number of hydrogen-bond acceptors (Lipinski definition) is 3. The van der Waals surface area contributed by atoms with Crippen LogP contribution in [0.3, 0.4) is 0 Å². The van der Waals surface area contributed by atoms with Crippen LogP contribution < -0.4 is 10.9 Å². The second-order valence-electron chi connectivity index (χ2n) is 6.24. The van der Waals surface area contributed by atoms with Crippen molar-refractivity contribution < 1.29 is 14.7 Å². The summed E-state index contributed by atoms with van der Waals surface area (Å²) in [5.41, 5.74) is 4.67. The molecule has 0 saturated carbocycles. The average molecular weight is 369 g/mol. The summed E-state index contributed by atoms with van der Waals surface area (Å²) in [5, 5.41) is 9.97. The standard InChI is InChI=1S/C19H29ClN2O3/c1-2-3-4-5-6-7-8-9-10-11-18(24)21-22-19(25)16-14-15(20)12-13-17(16)23/h12-14,23H,2-11H2,1H3,(H,21,24)(H,22,25). The molecule has 140 valence electrons. The lowest BCUT2D eigenvalue weighted by Crippen LogP contribution is -2.41. The molecule has 0 fully saturated rings. The third-order valence-corrected chi connectivity index (χ3v) is 4.26. The summed E-state index contributed by atoms with van der Waals surface area (Å²) in [6.07, 6.45) is 11.0. The Morgan fingerprint density at radius 3 is 2.20 bits per heavy atom. The summed E-state index contributed by atoms with van der Waals surface area (Å²) in [6, 6.07) is 4.16. The zero-order valence-electron chi connectivity index (χ0n) is 14.9. The van der Waals surface area contributed by atoms with E-state index < -0.39 is 5.91 Å². The number of rotatable bonds is 11. The van der Waals surface area contributed by atoms with E-state index in [9.17, 15) is 14.7 Å². The van der Waals surface area contributed by atoms with Gasteiger partial charge in [-0.3, -0.25) is 20.4 Å².